The highest BCUT2D eigenvalue weighted by atomic mass is 32.1. The first-order chi connectivity index (χ1) is 13.9. The van der Waals surface area contributed by atoms with Gasteiger partial charge in [0.2, 0.25) is 0 Å². The lowest BCUT2D eigenvalue weighted by molar-refractivity contribution is 0.0931. The Bertz CT molecular complexity index is 1040. The molecule has 0 saturated carbocycles. The van der Waals surface area contributed by atoms with Crippen LogP contribution in [0.2, 0.25) is 0 Å². The molecule has 0 fully saturated rings. The van der Waals surface area contributed by atoms with Crippen LogP contribution in [0.4, 0.5) is 0 Å². The molecule has 0 unspecified atom stereocenters. The number of oxime groups is 1. The number of nitrogens with one attached hydrogen (secondary N) is 1. The third-order valence-electron chi connectivity index (χ3n) is 4.15. The van der Waals surface area contributed by atoms with E-state index in [2.05, 4.69) is 20.3 Å². The van der Waals surface area contributed by atoms with Gasteiger partial charge in [-0.15, -0.1) is 11.3 Å². The van der Waals surface area contributed by atoms with Gasteiger partial charge in [-0.2, -0.15) is 0 Å². The van der Waals surface area contributed by atoms with Crippen molar-refractivity contribution in [3.8, 4) is 5.75 Å². The number of furan rings is 1. The summed E-state index contributed by atoms with van der Waals surface area (Å²) in [4.78, 5) is 22.6. The number of thiazole rings is 1. The van der Waals surface area contributed by atoms with Gasteiger partial charge in [-0.1, -0.05) is 5.16 Å². The van der Waals surface area contributed by atoms with Crippen LogP contribution in [-0.2, 0) is 11.4 Å². The zero-order valence-electron chi connectivity index (χ0n) is 16.3. The number of hydrogen-bond acceptors (Lipinski definition) is 8. The summed E-state index contributed by atoms with van der Waals surface area (Å²) in [7, 11) is 1.33. The van der Waals surface area contributed by atoms with Crippen molar-refractivity contribution in [3.63, 3.8) is 0 Å². The zero-order valence-corrected chi connectivity index (χ0v) is 17.1. The number of aromatic nitrogens is 1. The summed E-state index contributed by atoms with van der Waals surface area (Å²) >= 11 is 1.56. The van der Waals surface area contributed by atoms with Gasteiger partial charge >= 0.3 is 0 Å². The predicted octanol–water partition coefficient (Wildman–Crippen LogP) is 2.09. The van der Waals surface area contributed by atoms with Crippen LogP contribution in [0.25, 0.3) is 11.0 Å². The molecule has 0 radical (unpaired) electrons. The molecule has 0 bridgehead atoms. The second-order valence-corrected chi connectivity index (χ2v) is 7.55. The van der Waals surface area contributed by atoms with E-state index in [0.717, 1.165) is 9.88 Å². The van der Waals surface area contributed by atoms with E-state index in [-0.39, 0.29) is 5.84 Å². The first kappa shape index (κ1) is 20.6. The molecule has 9 nitrogen and oxygen atoms in total. The number of aryl methyl sites for hydroxylation is 2. The molecule has 2 aromatic heterocycles. The third-order valence-corrected chi connectivity index (χ3v) is 5.04. The molecule has 154 valence electrons. The zero-order chi connectivity index (χ0) is 21.0. The lowest BCUT2D eigenvalue weighted by atomic mass is 10.1. The second-order valence-electron chi connectivity index (χ2n) is 6.23. The van der Waals surface area contributed by atoms with E-state index in [9.17, 15) is 9.90 Å². The average molecular weight is 418 g/mol. The van der Waals surface area contributed by atoms with Crippen LogP contribution in [0.5, 0.6) is 5.75 Å². The van der Waals surface area contributed by atoms with Crippen molar-refractivity contribution in [2.45, 2.75) is 26.5 Å². The minimum absolute atomic E-state index is 0.0438. The Hall–Kier alpha value is -3.11. The van der Waals surface area contributed by atoms with Crippen LogP contribution in [-0.4, -0.2) is 41.6 Å². The van der Waals surface area contributed by atoms with E-state index in [4.69, 9.17) is 14.9 Å². The molecule has 0 saturated heterocycles. The number of rotatable bonds is 8. The van der Waals surface area contributed by atoms with Crippen molar-refractivity contribution >= 4 is 34.0 Å². The molecule has 1 aromatic carbocycles. The summed E-state index contributed by atoms with van der Waals surface area (Å²) in [6.07, 6.45) is 1.78. The number of amides is 1. The first-order valence-corrected chi connectivity index (χ1v) is 9.60. The number of fused-ring (bicyclic) bond motifs is 1. The standard InChI is InChI=1S/C19H22N4O5S/c1-10-17(19(25)22-15(8-24)18(20)23-26-3)14-6-12(4-5-16(14)28-10)27-9-13-7-21-11(2)29-13/h4-7,15,24H,8-9H2,1-3H3,(H2,20,23)(H,22,25)/t15-/m0/s1. The Morgan fingerprint density at radius 3 is 2.90 bits per heavy atom. The number of aliphatic hydroxyl groups is 1. The maximum absolute atomic E-state index is 12.8. The van der Waals surface area contributed by atoms with Crippen LogP contribution in [0.3, 0.4) is 0 Å². The topological polar surface area (TPSA) is 132 Å². The van der Waals surface area contributed by atoms with E-state index >= 15 is 0 Å². The molecule has 0 spiro atoms. The molecule has 3 rings (SSSR count). The van der Waals surface area contributed by atoms with Crippen molar-refractivity contribution in [2.24, 2.45) is 10.9 Å². The van der Waals surface area contributed by atoms with Crippen LogP contribution in [0.1, 0.15) is 26.0 Å². The Labute approximate surface area is 171 Å². The monoisotopic (exact) mass is 418 g/mol. The smallest absolute Gasteiger partial charge is 0.256 e. The van der Waals surface area contributed by atoms with E-state index < -0.39 is 18.6 Å². The Kier molecular flexibility index (Phi) is 6.35. The van der Waals surface area contributed by atoms with Gasteiger partial charge in [-0.3, -0.25) is 4.79 Å². The largest absolute Gasteiger partial charge is 0.488 e. The number of benzene rings is 1. The van der Waals surface area contributed by atoms with Crippen molar-refractivity contribution in [1.82, 2.24) is 10.3 Å². The highest BCUT2D eigenvalue weighted by Crippen LogP contribution is 2.29. The molecule has 29 heavy (non-hydrogen) atoms. The summed E-state index contributed by atoms with van der Waals surface area (Å²) in [5.41, 5.74) is 6.60. The fourth-order valence-corrected chi connectivity index (χ4v) is 3.52. The molecule has 10 heteroatoms. The number of carbonyl (C=O) groups excluding carboxylic acids is 1. The van der Waals surface area contributed by atoms with Gasteiger partial charge in [0.15, 0.2) is 5.84 Å². The number of carbonyl (C=O) groups is 1. The molecule has 0 aliphatic rings. The van der Waals surface area contributed by atoms with Crippen molar-refractivity contribution < 1.29 is 23.9 Å². The molecule has 4 N–H and O–H groups in total. The van der Waals surface area contributed by atoms with Crippen molar-refractivity contribution in [3.05, 3.63) is 45.6 Å². The summed E-state index contributed by atoms with van der Waals surface area (Å²) in [6, 6.07) is 4.38. The van der Waals surface area contributed by atoms with Gasteiger partial charge in [-0.25, -0.2) is 4.98 Å². The molecule has 2 heterocycles. The molecule has 0 aliphatic carbocycles. The first-order valence-electron chi connectivity index (χ1n) is 8.78. The number of hydrogen-bond donors (Lipinski definition) is 3. The Morgan fingerprint density at radius 1 is 1.45 bits per heavy atom. The van der Waals surface area contributed by atoms with Gasteiger partial charge in [0.1, 0.15) is 36.9 Å². The number of amidine groups is 1. The van der Waals surface area contributed by atoms with Gasteiger partial charge in [0.05, 0.1) is 22.1 Å². The van der Waals surface area contributed by atoms with Gasteiger partial charge in [-0.05, 0) is 32.0 Å². The Balaban J connectivity index is 1.84. The summed E-state index contributed by atoms with van der Waals surface area (Å²) in [5.74, 6) is 0.534. The van der Waals surface area contributed by atoms with E-state index in [0.29, 0.717) is 34.6 Å². The number of nitrogens with two attached hydrogens (primary N) is 1. The van der Waals surface area contributed by atoms with Crippen LogP contribution >= 0.6 is 11.3 Å². The van der Waals surface area contributed by atoms with Gasteiger partial charge in [0, 0.05) is 11.6 Å². The maximum atomic E-state index is 12.8. The maximum Gasteiger partial charge on any atom is 0.256 e. The quantitative estimate of drug-likeness (QED) is 0.290. The SMILES string of the molecule is CO/N=C(\N)[C@H](CO)NC(=O)c1c(C)oc2ccc(OCc3cnc(C)s3)cc12. The average Bonchev–Trinajstić information content (AvgIpc) is 3.25. The molecular formula is C19H22N4O5S. The number of aliphatic hydroxyl groups excluding tert-OH is 1. The predicted molar refractivity (Wildman–Crippen MR) is 109 cm³/mol. The summed E-state index contributed by atoms with van der Waals surface area (Å²) in [5, 5.41) is 17.3. The fraction of sp³-hybridized carbons (Fsp3) is 0.316. The van der Waals surface area contributed by atoms with E-state index in [1.807, 2.05) is 6.92 Å². The summed E-state index contributed by atoms with van der Waals surface area (Å²) in [6.45, 7) is 3.58. The summed E-state index contributed by atoms with van der Waals surface area (Å²) < 4.78 is 11.5. The van der Waals surface area contributed by atoms with E-state index in [1.54, 1.807) is 42.7 Å². The third kappa shape index (κ3) is 4.66. The molecule has 0 aliphatic heterocycles. The lowest BCUT2D eigenvalue weighted by Crippen LogP contribution is -2.47. The fourth-order valence-electron chi connectivity index (χ4n) is 2.81. The molecule has 1 atom stereocenters. The molecule has 1 amide bonds. The molecular weight excluding hydrogens is 396 g/mol. The van der Waals surface area contributed by atoms with Gasteiger partial charge in [0.25, 0.3) is 5.91 Å². The minimum Gasteiger partial charge on any atom is -0.488 e. The second kappa shape index (κ2) is 8.93. The number of ether oxygens (including phenoxy) is 1. The normalized spacial score (nSPS) is 12.8. The van der Waals surface area contributed by atoms with Crippen molar-refractivity contribution in [2.75, 3.05) is 13.7 Å². The van der Waals surface area contributed by atoms with Crippen molar-refractivity contribution in [1.29, 1.82) is 0 Å². The Morgan fingerprint density at radius 2 is 2.24 bits per heavy atom. The van der Waals surface area contributed by atoms with Gasteiger partial charge < -0.3 is 30.1 Å². The van der Waals surface area contributed by atoms with E-state index in [1.165, 1.54) is 7.11 Å². The number of nitrogens with zero attached hydrogens (tertiary/aromatic N) is 2. The highest BCUT2D eigenvalue weighted by Gasteiger charge is 2.23. The van der Waals surface area contributed by atoms with Crippen LogP contribution < -0.4 is 15.8 Å². The molecule has 3 aromatic rings. The lowest BCUT2D eigenvalue weighted by Gasteiger charge is -2.15. The highest BCUT2D eigenvalue weighted by molar-refractivity contribution is 7.11. The minimum atomic E-state index is -0.888. The van der Waals surface area contributed by atoms with Crippen LogP contribution in [0, 0.1) is 13.8 Å². The van der Waals surface area contributed by atoms with Crippen LogP contribution in [0.15, 0.2) is 34.0 Å².